The van der Waals surface area contributed by atoms with Gasteiger partial charge in [0.25, 0.3) is 0 Å². The quantitative estimate of drug-likeness (QED) is 0.753. The SMILES string of the molecule is CCC1CCCN(CCNC(C)C)CC1. The van der Waals surface area contributed by atoms with Crippen LogP contribution >= 0.6 is 0 Å². The standard InChI is InChI=1S/C13H28N2/c1-4-13-6-5-9-15(10-7-13)11-8-14-12(2)3/h12-14H,4-11H2,1-3H3. The number of hydrogen-bond acceptors (Lipinski definition) is 2. The van der Waals surface area contributed by atoms with E-state index in [4.69, 9.17) is 0 Å². The van der Waals surface area contributed by atoms with Crippen molar-refractivity contribution in [3.63, 3.8) is 0 Å². The zero-order valence-corrected chi connectivity index (χ0v) is 10.8. The van der Waals surface area contributed by atoms with Crippen LogP contribution in [0.1, 0.15) is 46.5 Å². The Balaban J connectivity index is 2.14. The summed E-state index contributed by atoms with van der Waals surface area (Å²) in [7, 11) is 0. The Morgan fingerprint density at radius 3 is 2.73 bits per heavy atom. The van der Waals surface area contributed by atoms with E-state index in [0.717, 1.165) is 12.5 Å². The second-order valence-corrected chi connectivity index (χ2v) is 5.16. The first-order chi connectivity index (χ1) is 7.22. The summed E-state index contributed by atoms with van der Waals surface area (Å²) in [6.45, 7) is 11.8. The summed E-state index contributed by atoms with van der Waals surface area (Å²) in [4.78, 5) is 2.63. The van der Waals surface area contributed by atoms with Gasteiger partial charge in [0.05, 0.1) is 0 Å². The average molecular weight is 212 g/mol. The van der Waals surface area contributed by atoms with Crippen LogP contribution in [0, 0.1) is 5.92 Å². The second-order valence-electron chi connectivity index (χ2n) is 5.16. The molecule has 1 saturated heterocycles. The fraction of sp³-hybridized carbons (Fsp3) is 1.00. The molecule has 1 unspecified atom stereocenters. The molecule has 0 saturated carbocycles. The van der Waals surface area contributed by atoms with Crippen LogP contribution in [-0.2, 0) is 0 Å². The third-order valence-electron chi connectivity index (χ3n) is 3.50. The van der Waals surface area contributed by atoms with Crippen molar-refractivity contribution in [2.75, 3.05) is 26.2 Å². The van der Waals surface area contributed by atoms with Crippen LogP contribution in [0.2, 0.25) is 0 Å². The van der Waals surface area contributed by atoms with Gasteiger partial charge in [-0.25, -0.2) is 0 Å². The summed E-state index contributed by atoms with van der Waals surface area (Å²) in [5.41, 5.74) is 0. The van der Waals surface area contributed by atoms with Gasteiger partial charge in [0, 0.05) is 19.1 Å². The molecule has 0 bridgehead atoms. The molecule has 0 spiro atoms. The Labute approximate surface area is 95.4 Å². The van der Waals surface area contributed by atoms with Crippen LogP contribution in [0.3, 0.4) is 0 Å². The number of rotatable bonds is 5. The van der Waals surface area contributed by atoms with E-state index in [9.17, 15) is 0 Å². The Bertz CT molecular complexity index is 157. The third-order valence-corrected chi connectivity index (χ3v) is 3.50. The fourth-order valence-corrected chi connectivity index (χ4v) is 2.37. The first kappa shape index (κ1) is 13.0. The van der Waals surface area contributed by atoms with Gasteiger partial charge in [-0.2, -0.15) is 0 Å². The van der Waals surface area contributed by atoms with Crippen molar-refractivity contribution in [1.82, 2.24) is 10.2 Å². The smallest absolute Gasteiger partial charge is 0.0107 e. The Morgan fingerprint density at radius 1 is 1.27 bits per heavy atom. The molecule has 1 atom stereocenters. The van der Waals surface area contributed by atoms with E-state index in [0.29, 0.717) is 6.04 Å². The van der Waals surface area contributed by atoms with Crippen LogP contribution in [0.15, 0.2) is 0 Å². The third kappa shape index (κ3) is 5.53. The number of hydrogen-bond donors (Lipinski definition) is 1. The Morgan fingerprint density at radius 2 is 2.07 bits per heavy atom. The van der Waals surface area contributed by atoms with Crippen molar-refractivity contribution in [2.45, 2.75) is 52.5 Å². The van der Waals surface area contributed by atoms with E-state index < -0.39 is 0 Å². The van der Waals surface area contributed by atoms with Crippen LogP contribution in [0.5, 0.6) is 0 Å². The molecule has 0 aromatic rings. The average Bonchev–Trinajstić information content (AvgIpc) is 2.42. The highest BCUT2D eigenvalue weighted by Gasteiger charge is 2.14. The molecule has 0 aromatic heterocycles. The predicted molar refractivity (Wildman–Crippen MR) is 67.2 cm³/mol. The van der Waals surface area contributed by atoms with Crippen LogP contribution in [0.4, 0.5) is 0 Å². The van der Waals surface area contributed by atoms with Gasteiger partial charge in [0.2, 0.25) is 0 Å². The zero-order valence-electron chi connectivity index (χ0n) is 10.8. The van der Waals surface area contributed by atoms with E-state index in [1.807, 2.05) is 0 Å². The lowest BCUT2D eigenvalue weighted by molar-refractivity contribution is 0.276. The zero-order chi connectivity index (χ0) is 11.1. The summed E-state index contributed by atoms with van der Waals surface area (Å²) in [5.74, 6) is 0.994. The summed E-state index contributed by atoms with van der Waals surface area (Å²) >= 11 is 0. The van der Waals surface area contributed by atoms with E-state index in [-0.39, 0.29) is 0 Å². The van der Waals surface area contributed by atoms with Crippen LogP contribution < -0.4 is 5.32 Å². The number of nitrogens with one attached hydrogen (secondary N) is 1. The Kier molecular flexibility index (Phi) is 6.26. The molecule has 0 radical (unpaired) electrons. The van der Waals surface area contributed by atoms with Crippen LogP contribution in [0.25, 0.3) is 0 Å². The second kappa shape index (κ2) is 7.24. The molecule has 15 heavy (non-hydrogen) atoms. The highest BCUT2D eigenvalue weighted by Crippen LogP contribution is 2.19. The largest absolute Gasteiger partial charge is 0.313 e. The molecule has 1 heterocycles. The topological polar surface area (TPSA) is 15.3 Å². The van der Waals surface area contributed by atoms with Gasteiger partial charge in [-0.05, 0) is 38.3 Å². The normalized spacial score (nSPS) is 24.4. The monoisotopic (exact) mass is 212 g/mol. The molecule has 1 fully saturated rings. The summed E-state index contributed by atoms with van der Waals surface area (Å²) in [6.07, 6.45) is 5.64. The minimum absolute atomic E-state index is 0.625. The minimum atomic E-state index is 0.625. The predicted octanol–water partition coefficient (Wildman–Crippen LogP) is 2.50. The van der Waals surface area contributed by atoms with E-state index >= 15 is 0 Å². The highest BCUT2D eigenvalue weighted by atomic mass is 15.1. The summed E-state index contributed by atoms with van der Waals surface area (Å²) < 4.78 is 0. The van der Waals surface area contributed by atoms with Crippen molar-refractivity contribution in [1.29, 1.82) is 0 Å². The van der Waals surface area contributed by atoms with Crippen molar-refractivity contribution in [3.05, 3.63) is 0 Å². The Hall–Kier alpha value is -0.0800. The van der Waals surface area contributed by atoms with E-state index in [1.54, 1.807) is 0 Å². The molecule has 2 nitrogen and oxygen atoms in total. The molecule has 2 heteroatoms. The van der Waals surface area contributed by atoms with Crippen molar-refractivity contribution in [2.24, 2.45) is 5.92 Å². The maximum Gasteiger partial charge on any atom is 0.0107 e. The number of likely N-dealkylation sites (tertiary alicyclic amines) is 1. The maximum absolute atomic E-state index is 3.50. The lowest BCUT2D eigenvalue weighted by atomic mass is 9.98. The maximum atomic E-state index is 3.50. The minimum Gasteiger partial charge on any atom is -0.313 e. The lowest BCUT2D eigenvalue weighted by Gasteiger charge is -2.21. The molecule has 1 aliphatic rings. The molecular weight excluding hydrogens is 184 g/mol. The van der Waals surface area contributed by atoms with Gasteiger partial charge in [-0.1, -0.05) is 27.2 Å². The molecule has 0 aromatic carbocycles. The van der Waals surface area contributed by atoms with Crippen molar-refractivity contribution < 1.29 is 0 Å². The summed E-state index contributed by atoms with van der Waals surface area (Å²) in [5, 5.41) is 3.50. The molecule has 0 amide bonds. The first-order valence-corrected chi connectivity index (χ1v) is 6.68. The molecule has 1 aliphatic heterocycles. The van der Waals surface area contributed by atoms with Gasteiger partial charge >= 0.3 is 0 Å². The van der Waals surface area contributed by atoms with Gasteiger partial charge in [0.15, 0.2) is 0 Å². The van der Waals surface area contributed by atoms with Crippen molar-refractivity contribution in [3.8, 4) is 0 Å². The summed E-state index contributed by atoms with van der Waals surface area (Å²) in [6, 6.07) is 0.625. The fourth-order valence-electron chi connectivity index (χ4n) is 2.37. The molecule has 1 N–H and O–H groups in total. The molecule has 1 rings (SSSR count). The lowest BCUT2D eigenvalue weighted by Crippen LogP contribution is -2.35. The van der Waals surface area contributed by atoms with Gasteiger partial charge in [-0.3, -0.25) is 0 Å². The first-order valence-electron chi connectivity index (χ1n) is 6.68. The number of nitrogens with zero attached hydrogens (tertiary/aromatic N) is 1. The van der Waals surface area contributed by atoms with Gasteiger partial charge in [0.1, 0.15) is 0 Å². The van der Waals surface area contributed by atoms with E-state index in [1.165, 1.54) is 45.3 Å². The van der Waals surface area contributed by atoms with Gasteiger partial charge in [-0.15, -0.1) is 0 Å². The molecule has 90 valence electrons. The van der Waals surface area contributed by atoms with Crippen molar-refractivity contribution >= 4 is 0 Å². The molecule has 0 aliphatic carbocycles. The van der Waals surface area contributed by atoms with Gasteiger partial charge < -0.3 is 10.2 Å². The highest BCUT2D eigenvalue weighted by molar-refractivity contribution is 4.70. The van der Waals surface area contributed by atoms with Crippen LogP contribution in [-0.4, -0.2) is 37.1 Å². The van der Waals surface area contributed by atoms with E-state index in [2.05, 4.69) is 31.0 Å². The molecular formula is C13H28N2.